The van der Waals surface area contributed by atoms with Crippen molar-refractivity contribution in [2.75, 3.05) is 24.7 Å². The third-order valence-corrected chi connectivity index (χ3v) is 3.46. The fourth-order valence-electron chi connectivity index (χ4n) is 2.01. The van der Waals surface area contributed by atoms with E-state index in [1.807, 2.05) is 13.1 Å². The lowest BCUT2D eigenvalue weighted by molar-refractivity contribution is 0.0921. The molecule has 5 heteroatoms. The standard InChI is InChI=1S/C12H18ClN3O/c1-3-11-8-17-5-4-16(11)12-14-7-10(6-13)9(2)15-12/h7,11H,3-6,8H2,1-2H3. The molecule has 0 amide bonds. The lowest BCUT2D eigenvalue weighted by Gasteiger charge is -2.35. The fraction of sp³-hybridized carbons (Fsp3) is 0.667. The topological polar surface area (TPSA) is 38.2 Å². The average molecular weight is 256 g/mol. The van der Waals surface area contributed by atoms with E-state index >= 15 is 0 Å². The summed E-state index contributed by atoms with van der Waals surface area (Å²) < 4.78 is 5.48. The van der Waals surface area contributed by atoms with Crippen LogP contribution in [0.25, 0.3) is 0 Å². The van der Waals surface area contributed by atoms with Gasteiger partial charge >= 0.3 is 0 Å². The van der Waals surface area contributed by atoms with Crippen LogP contribution in [0.2, 0.25) is 0 Å². The van der Waals surface area contributed by atoms with E-state index in [1.54, 1.807) is 0 Å². The number of hydrogen-bond acceptors (Lipinski definition) is 4. The maximum atomic E-state index is 5.81. The molecular formula is C12H18ClN3O. The highest BCUT2D eigenvalue weighted by Crippen LogP contribution is 2.19. The predicted molar refractivity (Wildman–Crippen MR) is 68.6 cm³/mol. The zero-order chi connectivity index (χ0) is 12.3. The van der Waals surface area contributed by atoms with Crippen molar-refractivity contribution in [3.8, 4) is 0 Å². The number of hydrogen-bond donors (Lipinski definition) is 0. The average Bonchev–Trinajstić information content (AvgIpc) is 2.38. The molecule has 0 aromatic carbocycles. The van der Waals surface area contributed by atoms with E-state index in [9.17, 15) is 0 Å². The highest BCUT2D eigenvalue weighted by molar-refractivity contribution is 6.17. The van der Waals surface area contributed by atoms with Crippen LogP contribution < -0.4 is 4.90 Å². The SMILES string of the molecule is CCC1COCCN1c1ncc(CCl)c(C)n1. The van der Waals surface area contributed by atoms with Gasteiger partial charge in [0.1, 0.15) is 0 Å². The number of ether oxygens (including phenoxy) is 1. The molecular weight excluding hydrogens is 238 g/mol. The highest BCUT2D eigenvalue weighted by Gasteiger charge is 2.23. The number of aryl methyl sites for hydroxylation is 1. The molecule has 4 nitrogen and oxygen atoms in total. The van der Waals surface area contributed by atoms with E-state index in [1.165, 1.54) is 0 Å². The van der Waals surface area contributed by atoms with Gasteiger partial charge in [0.25, 0.3) is 0 Å². The van der Waals surface area contributed by atoms with Crippen LogP contribution in [0, 0.1) is 6.92 Å². The van der Waals surface area contributed by atoms with Crippen LogP contribution in [0.5, 0.6) is 0 Å². The van der Waals surface area contributed by atoms with Gasteiger partial charge in [-0.25, -0.2) is 9.97 Å². The van der Waals surface area contributed by atoms with Crippen molar-refractivity contribution in [1.82, 2.24) is 9.97 Å². The van der Waals surface area contributed by atoms with E-state index in [-0.39, 0.29) is 0 Å². The van der Waals surface area contributed by atoms with Gasteiger partial charge in [0.15, 0.2) is 0 Å². The van der Waals surface area contributed by atoms with Gasteiger partial charge in [-0.15, -0.1) is 11.6 Å². The molecule has 1 aromatic heterocycles. The van der Waals surface area contributed by atoms with E-state index < -0.39 is 0 Å². The smallest absolute Gasteiger partial charge is 0.225 e. The summed E-state index contributed by atoms with van der Waals surface area (Å²) in [6.07, 6.45) is 2.87. The van der Waals surface area contributed by atoms with Crippen molar-refractivity contribution < 1.29 is 4.74 Å². The highest BCUT2D eigenvalue weighted by atomic mass is 35.5. The minimum atomic E-state index is 0.380. The molecule has 0 bridgehead atoms. The second kappa shape index (κ2) is 5.65. The van der Waals surface area contributed by atoms with Gasteiger partial charge in [-0.3, -0.25) is 0 Å². The third kappa shape index (κ3) is 2.69. The molecule has 1 saturated heterocycles. The Hall–Kier alpha value is -0.870. The monoisotopic (exact) mass is 255 g/mol. The fourth-order valence-corrected chi connectivity index (χ4v) is 2.27. The number of anilines is 1. The van der Waals surface area contributed by atoms with Crippen LogP contribution >= 0.6 is 11.6 Å². The summed E-state index contributed by atoms with van der Waals surface area (Å²) in [7, 11) is 0. The van der Waals surface area contributed by atoms with Gasteiger partial charge in [-0.1, -0.05) is 6.92 Å². The summed E-state index contributed by atoms with van der Waals surface area (Å²) in [5.74, 6) is 1.26. The predicted octanol–water partition coefficient (Wildman–Crippen LogP) is 2.14. The Labute approximate surface area is 107 Å². The normalized spacial score (nSPS) is 20.6. The van der Waals surface area contributed by atoms with Crippen molar-refractivity contribution in [3.05, 3.63) is 17.5 Å². The maximum Gasteiger partial charge on any atom is 0.225 e. The number of alkyl halides is 1. The van der Waals surface area contributed by atoms with Crippen LogP contribution in [0.15, 0.2) is 6.20 Å². The zero-order valence-corrected chi connectivity index (χ0v) is 11.1. The van der Waals surface area contributed by atoms with Gasteiger partial charge < -0.3 is 9.64 Å². The minimum Gasteiger partial charge on any atom is -0.377 e. The number of nitrogens with zero attached hydrogens (tertiary/aromatic N) is 3. The van der Waals surface area contributed by atoms with Gasteiger partial charge in [0.05, 0.1) is 25.1 Å². The molecule has 0 N–H and O–H groups in total. The molecule has 0 saturated carbocycles. The third-order valence-electron chi connectivity index (χ3n) is 3.17. The lowest BCUT2D eigenvalue weighted by atomic mass is 10.2. The maximum absolute atomic E-state index is 5.81. The molecule has 0 spiro atoms. The molecule has 0 aliphatic carbocycles. The second-order valence-electron chi connectivity index (χ2n) is 4.24. The summed E-state index contributed by atoms with van der Waals surface area (Å²) in [5.41, 5.74) is 1.96. The molecule has 2 heterocycles. The molecule has 94 valence electrons. The summed E-state index contributed by atoms with van der Waals surface area (Å²) in [6, 6.07) is 0.380. The van der Waals surface area contributed by atoms with Gasteiger partial charge in [0.2, 0.25) is 5.95 Å². The van der Waals surface area contributed by atoms with E-state index in [2.05, 4.69) is 21.8 Å². The first-order valence-corrected chi connectivity index (χ1v) is 6.52. The Kier molecular flexibility index (Phi) is 4.18. The van der Waals surface area contributed by atoms with Crippen LogP contribution in [0.3, 0.4) is 0 Å². The molecule has 1 atom stereocenters. The van der Waals surface area contributed by atoms with Crippen molar-refractivity contribution in [3.63, 3.8) is 0 Å². The largest absolute Gasteiger partial charge is 0.377 e. The lowest BCUT2D eigenvalue weighted by Crippen LogP contribution is -2.46. The first kappa shape index (κ1) is 12.6. The van der Waals surface area contributed by atoms with Crippen LogP contribution in [0.4, 0.5) is 5.95 Å². The molecule has 2 rings (SSSR count). The molecule has 1 aliphatic rings. The van der Waals surface area contributed by atoms with E-state index in [4.69, 9.17) is 16.3 Å². The van der Waals surface area contributed by atoms with Crippen molar-refractivity contribution >= 4 is 17.5 Å². The Balaban J connectivity index is 2.23. The summed E-state index contributed by atoms with van der Waals surface area (Å²) in [6.45, 7) is 6.50. The second-order valence-corrected chi connectivity index (χ2v) is 4.51. The Morgan fingerprint density at radius 2 is 2.41 bits per heavy atom. The summed E-state index contributed by atoms with van der Waals surface area (Å²) in [5, 5.41) is 0. The van der Waals surface area contributed by atoms with Gasteiger partial charge in [-0.05, 0) is 13.3 Å². The Morgan fingerprint density at radius 1 is 1.59 bits per heavy atom. The first-order valence-electron chi connectivity index (χ1n) is 5.99. The number of halogens is 1. The molecule has 0 radical (unpaired) electrons. The summed E-state index contributed by atoms with van der Waals surface area (Å²) in [4.78, 5) is 11.2. The van der Waals surface area contributed by atoms with Gasteiger partial charge in [-0.2, -0.15) is 0 Å². The molecule has 1 aromatic rings. The molecule has 1 unspecified atom stereocenters. The van der Waals surface area contributed by atoms with Crippen molar-refractivity contribution in [2.45, 2.75) is 32.2 Å². The van der Waals surface area contributed by atoms with Gasteiger partial charge in [0, 0.05) is 24.0 Å². The van der Waals surface area contributed by atoms with E-state index in [0.717, 1.165) is 43.4 Å². The van der Waals surface area contributed by atoms with Crippen molar-refractivity contribution in [1.29, 1.82) is 0 Å². The van der Waals surface area contributed by atoms with Crippen molar-refractivity contribution in [2.24, 2.45) is 0 Å². The van der Waals surface area contributed by atoms with Crippen LogP contribution in [-0.2, 0) is 10.6 Å². The molecule has 1 aliphatic heterocycles. The minimum absolute atomic E-state index is 0.380. The first-order chi connectivity index (χ1) is 8.26. The number of morpholine rings is 1. The quantitative estimate of drug-likeness (QED) is 0.776. The van der Waals surface area contributed by atoms with Crippen LogP contribution in [0.1, 0.15) is 24.6 Å². The molecule has 1 fully saturated rings. The Morgan fingerprint density at radius 3 is 3.06 bits per heavy atom. The Bertz CT molecular complexity index is 386. The molecule has 17 heavy (non-hydrogen) atoms. The zero-order valence-electron chi connectivity index (χ0n) is 10.3. The number of rotatable bonds is 3. The van der Waals surface area contributed by atoms with E-state index in [0.29, 0.717) is 11.9 Å². The summed E-state index contributed by atoms with van der Waals surface area (Å²) >= 11 is 5.81. The number of aromatic nitrogens is 2. The van der Waals surface area contributed by atoms with Crippen LogP contribution in [-0.4, -0.2) is 35.8 Å².